The van der Waals surface area contributed by atoms with Crippen molar-refractivity contribution < 1.29 is 4.79 Å². The molecule has 2 atom stereocenters. The van der Waals surface area contributed by atoms with E-state index in [-0.39, 0.29) is 12.1 Å². The van der Waals surface area contributed by atoms with E-state index in [1.54, 1.807) is 0 Å². The molecule has 1 aliphatic carbocycles. The zero-order valence-corrected chi connectivity index (χ0v) is 20.4. The van der Waals surface area contributed by atoms with Crippen LogP contribution in [0.25, 0.3) is 6.08 Å². The van der Waals surface area contributed by atoms with Crippen molar-refractivity contribution in [2.24, 2.45) is 5.92 Å². The summed E-state index contributed by atoms with van der Waals surface area (Å²) in [5.41, 5.74) is 5.25. The minimum atomic E-state index is 0.202. The number of amides is 1. The smallest absolute Gasteiger partial charge is 0.222 e. The summed E-state index contributed by atoms with van der Waals surface area (Å²) < 4.78 is 1.07. The molecule has 0 spiro atoms. The van der Waals surface area contributed by atoms with E-state index in [2.05, 4.69) is 85.9 Å². The van der Waals surface area contributed by atoms with Crippen LogP contribution < -0.4 is 10.6 Å². The van der Waals surface area contributed by atoms with E-state index in [0.717, 1.165) is 56.6 Å². The molecule has 5 nitrogen and oxygen atoms in total. The molecule has 1 aromatic carbocycles. The van der Waals surface area contributed by atoms with Crippen molar-refractivity contribution in [2.45, 2.75) is 38.3 Å². The van der Waals surface area contributed by atoms with Gasteiger partial charge in [-0.25, -0.2) is 0 Å². The SMILES string of the molecule is Cc1ccc2c(c1)C=CC1=CC(Br)=CNC1C2N1CCN(C(=O)CC2CCNCC2)CC1. The third kappa shape index (κ3) is 4.59. The number of dihydropyridines is 1. The van der Waals surface area contributed by atoms with Gasteiger partial charge in [0, 0.05) is 43.3 Å². The van der Waals surface area contributed by atoms with Crippen LogP contribution in [0.2, 0.25) is 0 Å². The molecule has 2 unspecified atom stereocenters. The van der Waals surface area contributed by atoms with Crippen molar-refractivity contribution >= 4 is 27.9 Å². The average molecular weight is 497 g/mol. The summed E-state index contributed by atoms with van der Waals surface area (Å²) in [7, 11) is 0. The Morgan fingerprint density at radius 1 is 1.12 bits per heavy atom. The van der Waals surface area contributed by atoms with Crippen LogP contribution in [0.4, 0.5) is 0 Å². The molecule has 3 aliphatic heterocycles. The van der Waals surface area contributed by atoms with Gasteiger partial charge in [-0.2, -0.15) is 0 Å². The van der Waals surface area contributed by atoms with E-state index in [4.69, 9.17) is 0 Å². The standard InChI is InChI=1S/C26H33BrN4O/c1-18-2-5-23-20(14-18)3-4-21-16-22(27)17-29-25(21)26(23)31-12-10-30(11-13-31)24(32)15-19-6-8-28-9-7-19/h2-5,14,16-17,19,25-26,28-29H,6-13,15H2,1H3. The predicted octanol–water partition coefficient (Wildman–Crippen LogP) is 3.73. The van der Waals surface area contributed by atoms with E-state index in [1.165, 1.54) is 22.3 Å². The molecule has 2 saturated heterocycles. The van der Waals surface area contributed by atoms with Gasteiger partial charge < -0.3 is 15.5 Å². The van der Waals surface area contributed by atoms with Crippen LogP contribution in [0.1, 0.15) is 42.0 Å². The molecule has 1 aromatic rings. The zero-order chi connectivity index (χ0) is 22.1. The molecule has 0 bridgehead atoms. The third-order valence-electron chi connectivity index (χ3n) is 7.38. The maximum atomic E-state index is 12.9. The lowest BCUT2D eigenvalue weighted by Crippen LogP contribution is -2.53. The molecule has 170 valence electrons. The van der Waals surface area contributed by atoms with E-state index >= 15 is 0 Å². The van der Waals surface area contributed by atoms with Crippen LogP contribution in [0.3, 0.4) is 0 Å². The molecule has 1 amide bonds. The summed E-state index contributed by atoms with van der Waals surface area (Å²) >= 11 is 3.63. The van der Waals surface area contributed by atoms with Gasteiger partial charge in [-0.15, -0.1) is 0 Å². The predicted molar refractivity (Wildman–Crippen MR) is 133 cm³/mol. The third-order valence-corrected chi connectivity index (χ3v) is 7.84. The number of benzene rings is 1. The molecule has 4 aliphatic rings. The minimum absolute atomic E-state index is 0.202. The number of rotatable bonds is 3. The Morgan fingerprint density at radius 2 is 1.91 bits per heavy atom. The normalized spacial score (nSPS) is 26.4. The molecule has 2 N–H and O–H groups in total. The number of nitrogens with one attached hydrogen (secondary N) is 2. The number of nitrogens with zero attached hydrogens (tertiary/aromatic N) is 2. The van der Waals surface area contributed by atoms with Crippen LogP contribution in [0, 0.1) is 12.8 Å². The number of fused-ring (bicyclic) bond motifs is 2. The van der Waals surface area contributed by atoms with Crippen LogP contribution >= 0.6 is 15.9 Å². The Hall–Kier alpha value is -1.89. The van der Waals surface area contributed by atoms with Crippen LogP contribution in [0.15, 0.2) is 46.6 Å². The Labute approximate surface area is 199 Å². The molecule has 32 heavy (non-hydrogen) atoms. The largest absolute Gasteiger partial charge is 0.381 e. The van der Waals surface area contributed by atoms with Gasteiger partial charge in [0.1, 0.15) is 0 Å². The van der Waals surface area contributed by atoms with E-state index in [9.17, 15) is 4.79 Å². The molecule has 0 saturated carbocycles. The highest BCUT2D eigenvalue weighted by Crippen LogP contribution is 2.38. The summed E-state index contributed by atoms with van der Waals surface area (Å²) in [4.78, 5) is 17.6. The van der Waals surface area contributed by atoms with Crippen molar-refractivity contribution in [1.82, 2.24) is 20.4 Å². The van der Waals surface area contributed by atoms with Crippen molar-refractivity contribution in [3.05, 3.63) is 63.3 Å². The average Bonchev–Trinajstić information content (AvgIpc) is 2.96. The number of carbonyl (C=O) groups excluding carboxylic acids is 1. The Morgan fingerprint density at radius 3 is 2.69 bits per heavy atom. The fourth-order valence-corrected chi connectivity index (χ4v) is 5.97. The monoisotopic (exact) mass is 496 g/mol. The van der Waals surface area contributed by atoms with Crippen LogP contribution in [-0.4, -0.2) is 61.0 Å². The van der Waals surface area contributed by atoms with Gasteiger partial charge in [-0.1, -0.05) is 35.9 Å². The number of carbonyl (C=O) groups is 1. The van der Waals surface area contributed by atoms with Crippen molar-refractivity contribution in [3.63, 3.8) is 0 Å². The van der Waals surface area contributed by atoms with Gasteiger partial charge in [0.05, 0.1) is 12.1 Å². The first-order chi connectivity index (χ1) is 15.6. The lowest BCUT2D eigenvalue weighted by molar-refractivity contribution is -0.134. The number of allylic oxidation sites excluding steroid dienone is 2. The Kier molecular flexibility index (Phi) is 6.54. The number of aryl methyl sites for hydroxylation is 1. The molecule has 0 aromatic heterocycles. The molecule has 3 heterocycles. The van der Waals surface area contributed by atoms with E-state index in [1.807, 2.05) is 0 Å². The number of piperidine rings is 1. The second-order valence-corrected chi connectivity index (χ2v) is 10.5. The maximum absolute atomic E-state index is 12.9. The summed E-state index contributed by atoms with van der Waals surface area (Å²) in [6.07, 6.45) is 11.8. The van der Waals surface area contributed by atoms with Gasteiger partial charge >= 0.3 is 0 Å². The first-order valence-corrected chi connectivity index (χ1v) is 12.7. The molecular weight excluding hydrogens is 464 g/mol. The van der Waals surface area contributed by atoms with Gasteiger partial charge in [0.2, 0.25) is 5.91 Å². The molecule has 2 fully saturated rings. The summed E-state index contributed by atoms with van der Waals surface area (Å²) in [5, 5.41) is 7.04. The fraction of sp³-hybridized carbons (Fsp3) is 0.500. The van der Waals surface area contributed by atoms with Gasteiger partial charge in [0.25, 0.3) is 0 Å². The topological polar surface area (TPSA) is 47.6 Å². The number of hydrogen-bond donors (Lipinski definition) is 2. The van der Waals surface area contributed by atoms with E-state index < -0.39 is 0 Å². The zero-order valence-electron chi connectivity index (χ0n) is 18.8. The van der Waals surface area contributed by atoms with Crippen molar-refractivity contribution in [1.29, 1.82) is 0 Å². The number of piperazine rings is 1. The lowest BCUT2D eigenvalue weighted by atomic mass is 9.89. The number of hydrogen-bond acceptors (Lipinski definition) is 4. The number of halogens is 1. The lowest BCUT2D eigenvalue weighted by Gasteiger charge is -2.43. The highest BCUT2D eigenvalue weighted by Gasteiger charge is 2.36. The van der Waals surface area contributed by atoms with E-state index in [0.29, 0.717) is 18.2 Å². The van der Waals surface area contributed by atoms with Crippen LogP contribution in [-0.2, 0) is 4.79 Å². The Bertz CT molecular complexity index is 955. The second kappa shape index (κ2) is 9.54. The highest BCUT2D eigenvalue weighted by molar-refractivity contribution is 9.11. The second-order valence-electron chi connectivity index (χ2n) is 9.54. The first-order valence-electron chi connectivity index (χ1n) is 11.9. The first kappa shape index (κ1) is 21.9. The molecular formula is C26H33BrN4O. The van der Waals surface area contributed by atoms with Crippen molar-refractivity contribution in [3.8, 4) is 0 Å². The molecule has 0 radical (unpaired) electrons. The highest BCUT2D eigenvalue weighted by atomic mass is 79.9. The summed E-state index contributed by atoms with van der Waals surface area (Å²) in [5.74, 6) is 0.896. The maximum Gasteiger partial charge on any atom is 0.222 e. The van der Waals surface area contributed by atoms with Gasteiger partial charge in [-0.3, -0.25) is 9.69 Å². The Balaban J connectivity index is 1.32. The summed E-state index contributed by atoms with van der Waals surface area (Å²) in [6, 6.07) is 7.25. The minimum Gasteiger partial charge on any atom is -0.381 e. The summed E-state index contributed by atoms with van der Waals surface area (Å²) in [6.45, 7) is 7.72. The van der Waals surface area contributed by atoms with Gasteiger partial charge in [0.15, 0.2) is 0 Å². The van der Waals surface area contributed by atoms with Gasteiger partial charge in [-0.05, 0) is 77.5 Å². The van der Waals surface area contributed by atoms with Crippen molar-refractivity contribution in [2.75, 3.05) is 39.3 Å². The molecule has 6 heteroatoms. The molecule has 5 rings (SSSR count). The quantitative estimate of drug-likeness (QED) is 0.669. The fourth-order valence-electron chi connectivity index (χ4n) is 5.57. The van der Waals surface area contributed by atoms with Crippen LogP contribution in [0.5, 0.6) is 0 Å².